The van der Waals surface area contributed by atoms with E-state index in [-0.39, 0.29) is 11.1 Å². The minimum absolute atomic E-state index is 0.249. The molecule has 0 saturated heterocycles. The van der Waals surface area contributed by atoms with Crippen molar-refractivity contribution in [2.24, 2.45) is 0 Å². The van der Waals surface area contributed by atoms with Gasteiger partial charge in [-0.3, -0.25) is 0 Å². The summed E-state index contributed by atoms with van der Waals surface area (Å²) in [6.07, 6.45) is 4.87. The van der Waals surface area contributed by atoms with Gasteiger partial charge in [-0.1, -0.05) is 124 Å². The fourth-order valence-corrected chi connectivity index (χ4v) is 6.46. The highest BCUT2D eigenvalue weighted by molar-refractivity contribution is 5.95. The maximum absolute atomic E-state index is 13.0. The molecule has 0 amide bonds. The first kappa shape index (κ1) is 36.9. The van der Waals surface area contributed by atoms with Crippen LogP contribution in [0.5, 0.6) is 11.5 Å². The van der Waals surface area contributed by atoms with E-state index in [1.807, 2.05) is 84.9 Å². The monoisotopic (exact) mass is 692 g/mol. The van der Waals surface area contributed by atoms with Crippen molar-refractivity contribution in [2.45, 2.75) is 63.2 Å². The van der Waals surface area contributed by atoms with E-state index in [0.29, 0.717) is 24.3 Å². The van der Waals surface area contributed by atoms with E-state index in [2.05, 4.69) is 36.0 Å². The lowest BCUT2D eigenvalue weighted by Crippen LogP contribution is -2.26. The molecule has 0 saturated carbocycles. The topological polar surface area (TPSA) is 107 Å². The molecule has 5 aromatic rings. The predicted octanol–water partition coefficient (Wildman–Crippen LogP) is 10.7. The second-order valence-electron chi connectivity index (χ2n) is 12.6. The number of unbranched alkanes of at least 4 members (excludes halogenated alkanes) is 2. The third-order valence-corrected chi connectivity index (χ3v) is 9.29. The lowest BCUT2D eigenvalue weighted by molar-refractivity contribution is 0.0720. The minimum Gasteiger partial charge on any atom is -0.498 e. The molecule has 8 nitrogen and oxygen atoms in total. The van der Waals surface area contributed by atoms with E-state index < -0.39 is 22.8 Å². The van der Waals surface area contributed by atoms with Gasteiger partial charge in [0.1, 0.15) is 11.5 Å². The maximum Gasteiger partial charge on any atom is 0.343 e. The van der Waals surface area contributed by atoms with E-state index in [4.69, 9.17) is 9.47 Å². The summed E-state index contributed by atoms with van der Waals surface area (Å²) in [6.45, 7) is 4.17. The Morgan fingerprint density at radius 3 is 1.15 bits per heavy atom. The quantitative estimate of drug-likeness (QED) is 0.0651. The van der Waals surface area contributed by atoms with E-state index in [1.54, 1.807) is 24.3 Å². The number of carbonyl (C=O) groups is 2. The standard InChI is InChI=1S/C44H40N2O6/c1-3-5-29-43(31-45-49,35-13-9-7-10-14-35)37-21-25-39(26-22-37)51-41(47)33-17-19-34(20-18-33)42(48)52-40-27-23-38(24-28-40)44(32-46-50,30-6-4-2)36-15-11-8-12-16-36/h7-28H,3-6,29-30H2,1-2H3. The van der Waals surface area contributed by atoms with Gasteiger partial charge >= 0.3 is 24.1 Å². The zero-order valence-corrected chi connectivity index (χ0v) is 29.3. The number of ether oxygens (including phenoxy) is 2. The molecule has 0 fully saturated rings. The fraction of sp³-hybridized carbons (Fsp3) is 0.227. The molecule has 262 valence electrons. The highest BCUT2D eigenvalue weighted by Gasteiger charge is 2.39. The van der Waals surface area contributed by atoms with Crippen LogP contribution in [-0.4, -0.2) is 11.9 Å². The molecule has 5 aromatic carbocycles. The van der Waals surface area contributed by atoms with Crippen LogP contribution in [0.2, 0.25) is 0 Å². The van der Waals surface area contributed by atoms with Gasteiger partial charge in [0, 0.05) is 10.0 Å². The van der Waals surface area contributed by atoms with Crippen molar-refractivity contribution in [3.63, 3.8) is 0 Å². The number of nitrogens with zero attached hydrogens (tertiary/aromatic N) is 2. The summed E-state index contributed by atoms with van der Waals surface area (Å²) in [4.78, 5) is 26.0. The van der Waals surface area contributed by atoms with Gasteiger partial charge in [-0.2, -0.15) is 0 Å². The SMILES string of the molecule is CCCCC(C#[N+][O-])(c1ccccc1)c1ccc(OC(=O)c2ccc(C(=O)Oc3ccc(C(C#[N+][O-])(CCCC)c4ccccc4)cc3)cc2)cc1. The van der Waals surface area contributed by atoms with Crippen LogP contribution in [0.3, 0.4) is 0 Å². The number of esters is 2. The number of carbonyl (C=O) groups excluding carboxylic acids is 2. The van der Waals surface area contributed by atoms with Gasteiger partial charge in [0.25, 0.3) is 0 Å². The first-order valence-electron chi connectivity index (χ1n) is 17.4. The second kappa shape index (κ2) is 17.5. The zero-order chi connectivity index (χ0) is 36.8. The Balaban J connectivity index is 1.26. The number of rotatable bonds is 14. The third-order valence-electron chi connectivity index (χ3n) is 9.29. The van der Waals surface area contributed by atoms with Crippen molar-refractivity contribution in [1.29, 1.82) is 0 Å². The molecule has 0 aromatic heterocycles. The number of hydrogen-bond donors (Lipinski definition) is 0. The smallest absolute Gasteiger partial charge is 0.343 e. The third kappa shape index (κ3) is 8.31. The van der Waals surface area contributed by atoms with Crippen LogP contribution in [0.1, 0.15) is 95.3 Å². The average Bonchev–Trinajstić information content (AvgIpc) is 3.19. The van der Waals surface area contributed by atoms with Gasteiger partial charge in [0.05, 0.1) is 11.1 Å². The van der Waals surface area contributed by atoms with Crippen LogP contribution >= 0.6 is 0 Å². The number of benzene rings is 5. The molecule has 0 aliphatic carbocycles. The molecule has 0 aliphatic rings. The average molecular weight is 693 g/mol. The summed E-state index contributed by atoms with van der Waals surface area (Å²) in [7, 11) is 0. The van der Waals surface area contributed by atoms with Crippen LogP contribution in [0.25, 0.3) is 10.0 Å². The summed E-state index contributed by atoms with van der Waals surface area (Å²) in [5.74, 6) is -0.552. The first-order chi connectivity index (χ1) is 25.4. The Morgan fingerprint density at radius 1 is 0.519 bits per heavy atom. The van der Waals surface area contributed by atoms with E-state index >= 15 is 0 Å². The largest absolute Gasteiger partial charge is 0.498 e. The van der Waals surface area contributed by atoms with Crippen molar-refractivity contribution in [3.8, 4) is 23.6 Å². The maximum atomic E-state index is 13.0. The Morgan fingerprint density at radius 2 is 0.846 bits per heavy atom. The molecule has 2 unspecified atom stereocenters. The summed E-state index contributed by atoms with van der Waals surface area (Å²) < 4.78 is 11.3. The summed E-state index contributed by atoms with van der Waals surface area (Å²) in [5.41, 5.74) is 2.26. The molecule has 0 aliphatic heterocycles. The lowest BCUT2D eigenvalue weighted by Gasteiger charge is -2.25. The normalized spacial score (nSPS) is 12.8. The minimum atomic E-state index is -0.833. The van der Waals surface area contributed by atoms with Gasteiger partial charge in [-0.15, -0.1) is 0 Å². The second-order valence-corrected chi connectivity index (χ2v) is 12.6. The summed E-state index contributed by atoms with van der Waals surface area (Å²) >= 11 is 0. The van der Waals surface area contributed by atoms with Crippen molar-refractivity contribution < 1.29 is 19.1 Å². The predicted molar refractivity (Wildman–Crippen MR) is 204 cm³/mol. The fourth-order valence-electron chi connectivity index (χ4n) is 6.46. The van der Waals surface area contributed by atoms with Crippen LogP contribution in [-0.2, 0) is 10.8 Å². The molecule has 0 heterocycles. The van der Waals surface area contributed by atoms with Crippen molar-refractivity contribution in [1.82, 2.24) is 0 Å². The molecular formula is C44H40N2O6. The molecule has 0 bridgehead atoms. The Labute approximate surface area is 304 Å². The van der Waals surface area contributed by atoms with E-state index in [0.717, 1.165) is 47.9 Å². The van der Waals surface area contributed by atoms with Crippen LogP contribution in [0.4, 0.5) is 0 Å². The van der Waals surface area contributed by atoms with E-state index in [1.165, 1.54) is 24.3 Å². The Kier molecular flexibility index (Phi) is 12.4. The highest BCUT2D eigenvalue weighted by Crippen LogP contribution is 2.39. The summed E-state index contributed by atoms with van der Waals surface area (Å²) in [6, 6.07) is 44.9. The van der Waals surface area contributed by atoms with Crippen molar-refractivity contribution >= 4 is 11.9 Å². The molecule has 52 heavy (non-hydrogen) atoms. The van der Waals surface area contributed by atoms with Gasteiger partial charge in [-0.05, 0) is 83.6 Å². The van der Waals surface area contributed by atoms with Gasteiger partial charge in [0.2, 0.25) is 0 Å². The van der Waals surface area contributed by atoms with Crippen molar-refractivity contribution in [2.75, 3.05) is 0 Å². The van der Waals surface area contributed by atoms with Crippen molar-refractivity contribution in [3.05, 3.63) is 187 Å². The van der Waals surface area contributed by atoms with Crippen LogP contribution < -0.4 is 9.47 Å². The molecule has 0 radical (unpaired) electrons. The van der Waals surface area contributed by atoms with Crippen LogP contribution in [0, 0.1) is 22.6 Å². The number of hydrogen-bond acceptors (Lipinski definition) is 6. The highest BCUT2D eigenvalue weighted by atomic mass is 16.5. The molecule has 5 rings (SSSR count). The zero-order valence-electron chi connectivity index (χ0n) is 29.3. The lowest BCUT2D eigenvalue weighted by atomic mass is 9.72. The van der Waals surface area contributed by atoms with Gasteiger partial charge < -0.3 is 19.9 Å². The molecule has 0 N–H and O–H groups in total. The Bertz CT molecular complexity index is 1910. The van der Waals surface area contributed by atoms with Gasteiger partial charge in [-0.25, -0.2) is 9.59 Å². The van der Waals surface area contributed by atoms with Gasteiger partial charge in [0.15, 0.2) is 10.8 Å². The first-order valence-corrected chi connectivity index (χ1v) is 17.4. The summed E-state index contributed by atoms with van der Waals surface area (Å²) in [5, 5.41) is 29.2. The Hall–Kier alpha value is -6.38. The molecule has 0 spiro atoms. The van der Waals surface area contributed by atoms with E-state index in [9.17, 15) is 20.0 Å². The molecular weight excluding hydrogens is 652 g/mol. The van der Waals surface area contributed by atoms with Crippen LogP contribution in [0.15, 0.2) is 133 Å². The molecule has 8 heteroatoms. The molecule has 2 atom stereocenters.